The minimum absolute atomic E-state index is 0.332. The van der Waals surface area contributed by atoms with Crippen LogP contribution in [-0.2, 0) is 27.4 Å². The van der Waals surface area contributed by atoms with Crippen molar-refractivity contribution in [3.63, 3.8) is 0 Å². The maximum Gasteiger partial charge on any atom is 0.191 e. The van der Waals surface area contributed by atoms with Crippen LogP contribution in [0.5, 0.6) is 0 Å². The summed E-state index contributed by atoms with van der Waals surface area (Å²) < 4.78 is 16.8. The number of ether oxygens (including phenoxy) is 3. The van der Waals surface area contributed by atoms with E-state index in [0.717, 1.165) is 58.1 Å². The van der Waals surface area contributed by atoms with Crippen molar-refractivity contribution >= 4 is 5.96 Å². The van der Waals surface area contributed by atoms with Crippen molar-refractivity contribution in [1.82, 2.24) is 10.6 Å². The fraction of sp³-hybridized carbons (Fsp3) is 0.720. The summed E-state index contributed by atoms with van der Waals surface area (Å²) in [4.78, 5) is 4.82. The normalized spacial score (nSPS) is 19.5. The Kier molecular flexibility index (Phi) is 10.1. The van der Waals surface area contributed by atoms with Gasteiger partial charge in [0.25, 0.3) is 0 Å². The standard InChI is InChI=1S/C25H41N3O3/c1-3-26-24(28-20-25(14-17-29-2)12-4-5-13-25)27-18-21-6-8-22(9-7-21)19-31-23-10-15-30-16-11-23/h6-9,23H,3-5,10-20H2,1-2H3,(H2,26,27,28). The van der Waals surface area contributed by atoms with E-state index in [1.165, 1.54) is 36.8 Å². The molecular formula is C25H41N3O3. The zero-order valence-corrected chi connectivity index (χ0v) is 19.5. The van der Waals surface area contributed by atoms with Crippen LogP contribution < -0.4 is 10.6 Å². The second-order valence-electron chi connectivity index (χ2n) is 8.94. The lowest BCUT2D eigenvalue weighted by Crippen LogP contribution is -2.43. The second-order valence-corrected chi connectivity index (χ2v) is 8.94. The highest BCUT2D eigenvalue weighted by Crippen LogP contribution is 2.40. The molecule has 1 aromatic rings. The fourth-order valence-electron chi connectivity index (χ4n) is 4.54. The highest BCUT2D eigenvalue weighted by atomic mass is 16.5. The van der Waals surface area contributed by atoms with Crippen LogP contribution in [0.15, 0.2) is 29.3 Å². The van der Waals surface area contributed by atoms with Crippen LogP contribution in [0.3, 0.4) is 0 Å². The van der Waals surface area contributed by atoms with Gasteiger partial charge in [-0.25, -0.2) is 4.99 Å². The van der Waals surface area contributed by atoms with Crippen LogP contribution in [0.25, 0.3) is 0 Å². The third-order valence-electron chi connectivity index (χ3n) is 6.57. The minimum atomic E-state index is 0.332. The lowest BCUT2D eigenvalue weighted by molar-refractivity contribution is -0.0390. The molecule has 6 nitrogen and oxygen atoms in total. The van der Waals surface area contributed by atoms with Crippen LogP contribution in [-0.4, -0.2) is 52.1 Å². The number of hydrogen-bond donors (Lipinski definition) is 2. The zero-order valence-electron chi connectivity index (χ0n) is 19.5. The molecule has 1 saturated heterocycles. The molecule has 1 heterocycles. The van der Waals surface area contributed by atoms with Gasteiger partial charge in [0.1, 0.15) is 0 Å². The van der Waals surface area contributed by atoms with Gasteiger partial charge in [0, 0.05) is 40.0 Å². The summed E-state index contributed by atoms with van der Waals surface area (Å²) in [6, 6.07) is 8.63. The molecule has 0 bridgehead atoms. The molecule has 1 aliphatic heterocycles. The maximum absolute atomic E-state index is 6.02. The van der Waals surface area contributed by atoms with Crippen LogP contribution in [0.1, 0.15) is 63.0 Å². The van der Waals surface area contributed by atoms with E-state index in [1.807, 2.05) is 0 Å². The lowest BCUT2D eigenvalue weighted by Gasteiger charge is -2.30. The van der Waals surface area contributed by atoms with Crippen LogP contribution >= 0.6 is 0 Å². The van der Waals surface area contributed by atoms with Gasteiger partial charge in [-0.15, -0.1) is 0 Å². The van der Waals surface area contributed by atoms with Gasteiger partial charge in [0.15, 0.2) is 5.96 Å². The van der Waals surface area contributed by atoms with Crippen molar-refractivity contribution in [2.45, 2.75) is 71.1 Å². The quantitative estimate of drug-likeness (QED) is 0.409. The van der Waals surface area contributed by atoms with Crippen LogP contribution in [0.4, 0.5) is 0 Å². The largest absolute Gasteiger partial charge is 0.385 e. The predicted molar refractivity (Wildman–Crippen MR) is 125 cm³/mol. The molecular weight excluding hydrogens is 390 g/mol. The molecule has 31 heavy (non-hydrogen) atoms. The summed E-state index contributed by atoms with van der Waals surface area (Å²) in [5.74, 6) is 0.901. The number of methoxy groups -OCH3 is 1. The van der Waals surface area contributed by atoms with Crippen LogP contribution in [0.2, 0.25) is 0 Å². The van der Waals surface area contributed by atoms with E-state index in [4.69, 9.17) is 19.2 Å². The number of nitrogens with one attached hydrogen (secondary N) is 2. The van der Waals surface area contributed by atoms with Crippen molar-refractivity contribution in [1.29, 1.82) is 0 Å². The van der Waals surface area contributed by atoms with Gasteiger partial charge >= 0.3 is 0 Å². The molecule has 3 rings (SSSR count). The minimum Gasteiger partial charge on any atom is -0.385 e. The summed E-state index contributed by atoms with van der Waals surface area (Å²) >= 11 is 0. The Labute approximate surface area is 188 Å². The van der Waals surface area contributed by atoms with Crippen molar-refractivity contribution in [2.24, 2.45) is 10.4 Å². The van der Waals surface area contributed by atoms with Crippen molar-refractivity contribution in [3.05, 3.63) is 35.4 Å². The molecule has 1 aromatic carbocycles. The molecule has 0 atom stereocenters. The third-order valence-corrected chi connectivity index (χ3v) is 6.57. The zero-order chi connectivity index (χ0) is 21.8. The Balaban J connectivity index is 1.48. The SMILES string of the molecule is CCNC(=NCc1ccc(COC2CCOCC2)cc1)NCC1(CCOC)CCCC1. The molecule has 174 valence electrons. The molecule has 0 aromatic heterocycles. The van der Waals surface area contributed by atoms with E-state index >= 15 is 0 Å². The first kappa shape index (κ1) is 24.0. The predicted octanol–water partition coefficient (Wildman–Crippen LogP) is 4.03. The van der Waals surface area contributed by atoms with E-state index in [2.05, 4.69) is 41.8 Å². The van der Waals surface area contributed by atoms with Gasteiger partial charge in [-0.3, -0.25) is 0 Å². The molecule has 1 aliphatic carbocycles. The molecule has 2 N–H and O–H groups in total. The average molecular weight is 432 g/mol. The van der Waals surface area contributed by atoms with E-state index in [-0.39, 0.29) is 0 Å². The summed E-state index contributed by atoms with van der Waals surface area (Å²) in [5, 5.41) is 7.00. The molecule has 0 amide bonds. The van der Waals surface area contributed by atoms with E-state index < -0.39 is 0 Å². The van der Waals surface area contributed by atoms with Gasteiger partial charge in [-0.1, -0.05) is 37.1 Å². The monoisotopic (exact) mass is 431 g/mol. The highest BCUT2D eigenvalue weighted by Gasteiger charge is 2.33. The number of nitrogens with zero attached hydrogens (tertiary/aromatic N) is 1. The Morgan fingerprint density at radius 1 is 1.10 bits per heavy atom. The Hall–Kier alpha value is -1.63. The van der Waals surface area contributed by atoms with Gasteiger partial charge in [-0.05, 0) is 55.6 Å². The molecule has 2 aliphatic rings. The van der Waals surface area contributed by atoms with Gasteiger partial charge in [0.2, 0.25) is 0 Å². The number of hydrogen-bond acceptors (Lipinski definition) is 4. The van der Waals surface area contributed by atoms with Gasteiger partial charge in [0.05, 0.1) is 19.3 Å². The van der Waals surface area contributed by atoms with Crippen molar-refractivity contribution in [2.75, 3.05) is 40.0 Å². The first-order valence-electron chi connectivity index (χ1n) is 12.0. The first-order valence-corrected chi connectivity index (χ1v) is 12.0. The number of aliphatic imine (C=N–C) groups is 1. The Morgan fingerprint density at radius 2 is 1.81 bits per heavy atom. The molecule has 1 saturated carbocycles. The number of benzene rings is 1. The topological polar surface area (TPSA) is 64.1 Å². The van der Waals surface area contributed by atoms with Crippen LogP contribution in [0, 0.1) is 5.41 Å². The molecule has 0 spiro atoms. The van der Waals surface area contributed by atoms with E-state index in [1.54, 1.807) is 7.11 Å². The molecule has 0 unspecified atom stereocenters. The summed E-state index contributed by atoms with van der Waals surface area (Å²) in [6.07, 6.45) is 8.65. The van der Waals surface area contributed by atoms with E-state index in [9.17, 15) is 0 Å². The Morgan fingerprint density at radius 3 is 2.48 bits per heavy atom. The number of guanidine groups is 1. The van der Waals surface area contributed by atoms with Gasteiger partial charge < -0.3 is 24.8 Å². The molecule has 0 radical (unpaired) electrons. The second kappa shape index (κ2) is 13.0. The molecule has 6 heteroatoms. The smallest absolute Gasteiger partial charge is 0.191 e. The Bertz CT molecular complexity index is 650. The number of rotatable bonds is 11. The van der Waals surface area contributed by atoms with Crippen molar-refractivity contribution < 1.29 is 14.2 Å². The molecule has 2 fully saturated rings. The van der Waals surface area contributed by atoms with E-state index in [0.29, 0.717) is 24.7 Å². The highest BCUT2D eigenvalue weighted by molar-refractivity contribution is 5.79. The summed E-state index contributed by atoms with van der Waals surface area (Å²) in [5.41, 5.74) is 2.77. The summed E-state index contributed by atoms with van der Waals surface area (Å²) in [7, 11) is 1.80. The lowest BCUT2D eigenvalue weighted by atomic mass is 9.83. The average Bonchev–Trinajstić information content (AvgIpc) is 3.29. The fourth-order valence-corrected chi connectivity index (χ4v) is 4.54. The third kappa shape index (κ3) is 8.09. The maximum atomic E-state index is 6.02. The van der Waals surface area contributed by atoms with Gasteiger partial charge in [-0.2, -0.15) is 0 Å². The van der Waals surface area contributed by atoms with Crippen molar-refractivity contribution in [3.8, 4) is 0 Å². The summed E-state index contributed by atoms with van der Waals surface area (Å²) in [6.45, 7) is 7.74. The first-order chi connectivity index (χ1) is 15.2.